The van der Waals surface area contributed by atoms with Gasteiger partial charge in [-0.3, -0.25) is 9.59 Å². The molecule has 1 aliphatic carbocycles. The average molecular weight is 382 g/mol. The number of hydrogen-bond donors (Lipinski definition) is 1. The molecule has 1 atom stereocenters. The van der Waals surface area contributed by atoms with Crippen molar-refractivity contribution in [3.05, 3.63) is 30.2 Å². The zero-order valence-corrected chi connectivity index (χ0v) is 16.4. The normalized spacial score (nSPS) is 25.1. The van der Waals surface area contributed by atoms with Crippen LogP contribution in [0.15, 0.2) is 28.8 Å². The molecule has 1 aromatic heterocycles. The minimum atomic E-state index is -0.303. The minimum Gasteiger partial charge on any atom is -0.353 e. The number of aromatic nitrogens is 2. The Morgan fingerprint density at radius 2 is 2.04 bits per heavy atom. The second kappa shape index (κ2) is 7.73. The van der Waals surface area contributed by atoms with Crippen molar-refractivity contribution in [2.45, 2.75) is 52.0 Å². The molecule has 0 spiro atoms. The van der Waals surface area contributed by atoms with E-state index in [1.807, 2.05) is 24.3 Å². The molecule has 148 valence electrons. The van der Waals surface area contributed by atoms with Gasteiger partial charge in [0.25, 0.3) is 0 Å². The second-order valence-electron chi connectivity index (χ2n) is 8.06. The first kappa shape index (κ1) is 18.7. The van der Waals surface area contributed by atoms with Crippen molar-refractivity contribution < 1.29 is 14.1 Å². The molecule has 2 heterocycles. The number of amides is 2. The van der Waals surface area contributed by atoms with Crippen LogP contribution in [0, 0.1) is 18.8 Å². The zero-order chi connectivity index (χ0) is 19.7. The van der Waals surface area contributed by atoms with Gasteiger partial charge in [0.1, 0.15) is 0 Å². The van der Waals surface area contributed by atoms with Gasteiger partial charge in [0.05, 0.1) is 5.92 Å². The molecule has 2 aromatic rings. The summed E-state index contributed by atoms with van der Waals surface area (Å²) in [6, 6.07) is 7.73. The Balaban J connectivity index is 1.42. The Labute approximate surface area is 164 Å². The Bertz CT molecular complexity index is 870. The highest BCUT2D eigenvalue weighted by atomic mass is 16.5. The smallest absolute Gasteiger partial charge is 0.227 e. The molecule has 28 heavy (non-hydrogen) atoms. The fourth-order valence-corrected chi connectivity index (χ4v) is 4.09. The molecule has 1 saturated heterocycles. The Morgan fingerprint density at radius 3 is 2.75 bits per heavy atom. The summed E-state index contributed by atoms with van der Waals surface area (Å²) in [4.78, 5) is 31.2. The maximum Gasteiger partial charge on any atom is 0.227 e. The standard InChI is InChI=1S/C21H26N4O3/c1-13-6-8-17(9-7-13)23-21(27)16-11-19(26)25(12-16)18-5-3-4-15(10-18)20-22-14(2)28-24-20/h3-5,10,13,16-17H,6-9,11-12H2,1-2H3,(H,23,27). The molecule has 1 N–H and O–H groups in total. The molecule has 7 heteroatoms. The first-order valence-corrected chi connectivity index (χ1v) is 10.0. The lowest BCUT2D eigenvalue weighted by molar-refractivity contribution is -0.127. The van der Waals surface area contributed by atoms with Gasteiger partial charge < -0.3 is 14.7 Å². The number of rotatable bonds is 4. The number of anilines is 1. The van der Waals surface area contributed by atoms with Crippen molar-refractivity contribution in [2.24, 2.45) is 11.8 Å². The number of nitrogens with zero attached hydrogens (tertiary/aromatic N) is 3. The lowest BCUT2D eigenvalue weighted by Gasteiger charge is -2.27. The van der Waals surface area contributed by atoms with Crippen molar-refractivity contribution in [3.63, 3.8) is 0 Å². The molecule has 2 amide bonds. The molecule has 4 rings (SSSR count). The fraction of sp³-hybridized carbons (Fsp3) is 0.524. The van der Waals surface area contributed by atoms with Crippen LogP contribution in [0.4, 0.5) is 5.69 Å². The van der Waals surface area contributed by atoms with Crippen LogP contribution in [0.3, 0.4) is 0 Å². The van der Waals surface area contributed by atoms with Crippen molar-refractivity contribution >= 4 is 17.5 Å². The van der Waals surface area contributed by atoms with E-state index in [1.54, 1.807) is 11.8 Å². The third kappa shape index (κ3) is 3.93. The van der Waals surface area contributed by atoms with Crippen LogP contribution in [0.25, 0.3) is 11.4 Å². The molecule has 7 nitrogen and oxygen atoms in total. The molecule has 0 bridgehead atoms. The third-order valence-corrected chi connectivity index (χ3v) is 5.80. The SMILES string of the molecule is Cc1nc(-c2cccc(N3CC(C(=O)NC4CCC(C)CC4)CC3=O)c2)no1. The predicted molar refractivity (Wildman–Crippen MR) is 104 cm³/mol. The second-order valence-corrected chi connectivity index (χ2v) is 8.06. The van der Waals surface area contributed by atoms with Crippen molar-refractivity contribution in [3.8, 4) is 11.4 Å². The summed E-state index contributed by atoms with van der Waals surface area (Å²) in [5, 5.41) is 7.10. The van der Waals surface area contributed by atoms with E-state index in [4.69, 9.17) is 4.52 Å². The number of hydrogen-bond acceptors (Lipinski definition) is 5. The van der Waals surface area contributed by atoms with E-state index in [1.165, 1.54) is 0 Å². The van der Waals surface area contributed by atoms with E-state index >= 15 is 0 Å². The lowest BCUT2D eigenvalue weighted by Crippen LogP contribution is -2.41. The quantitative estimate of drug-likeness (QED) is 0.878. The zero-order valence-electron chi connectivity index (χ0n) is 16.4. The highest BCUT2D eigenvalue weighted by molar-refractivity contribution is 6.00. The van der Waals surface area contributed by atoms with E-state index in [9.17, 15) is 9.59 Å². The molecular weight excluding hydrogens is 356 g/mol. The molecule has 2 aliphatic rings. The minimum absolute atomic E-state index is 0.000324. The van der Waals surface area contributed by atoms with Gasteiger partial charge in [-0.05, 0) is 43.7 Å². The van der Waals surface area contributed by atoms with Crippen LogP contribution in [0.1, 0.15) is 44.9 Å². The first-order valence-electron chi connectivity index (χ1n) is 10.0. The van der Waals surface area contributed by atoms with Crippen LogP contribution < -0.4 is 10.2 Å². The van der Waals surface area contributed by atoms with Crippen LogP contribution in [0.5, 0.6) is 0 Å². The van der Waals surface area contributed by atoms with Gasteiger partial charge in [0, 0.05) is 37.2 Å². The topological polar surface area (TPSA) is 88.3 Å². The summed E-state index contributed by atoms with van der Waals surface area (Å²) in [5.74, 6) is 1.40. The van der Waals surface area contributed by atoms with Gasteiger partial charge in [-0.1, -0.05) is 24.2 Å². The summed E-state index contributed by atoms with van der Waals surface area (Å²) < 4.78 is 5.04. The first-order chi connectivity index (χ1) is 13.5. The van der Waals surface area contributed by atoms with Gasteiger partial charge in [-0.15, -0.1) is 0 Å². The molecule has 2 fully saturated rings. The summed E-state index contributed by atoms with van der Waals surface area (Å²) in [5.41, 5.74) is 1.54. The van der Waals surface area contributed by atoms with E-state index in [2.05, 4.69) is 22.4 Å². The highest BCUT2D eigenvalue weighted by Crippen LogP contribution is 2.29. The summed E-state index contributed by atoms with van der Waals surface area (Å²) in [6.07, 6.45) is 4.62. The number of benzene rings is 1. The summed E-state index contributed by atoms with van der Waals surface area (Å²) in [6.45, 7) is 4.40. The van der Waals surface area contributed by atoms with Gasteiger partial charge in [-0.25, -0.2) is 0 Å². The van der Waals surface area contributed by atoms with Crippen molar-refractivity contribution in [1.29, 1.82) is 0 Å². The van der Waals surface area contributed by atoms with Gasteiger partial charge in [-0.2, -0.15) is 4.98 Å². The fourth-order valence-electron chi connectivity index (χ4n) is 4.09. The summed E-state index contributed by atoms with van der Waals surface area (Å²) in [7, 11) is 0. The molecule has 1 unspecified atom stereocenters. The van der Waals surface area contributed by atoms with Crippen LogP contribution in [-0.2, 0) is 9.59 Å². The van der Waals surface area contributed by atoms with Crippen molar-refractivity contribution in [2.75, 3.05) is 11.4 Å². The number of carbonyl (C=O) groups excluding carboxylic acids is 2. The van der Waals surface area contributed by atoms with Crippen LogP contribution in [-0.4, -0.2) is 34.5 Å². The van der Waals surface area contributed by atoms with Gasteiger partial charge in [0.15, 0.2) is 0 Å². The highest BCUT2D eigenvalue weighted by Gasteiger charge is 2.36. The van der Waals surface area contributed by atoms with Crippen LogP contribution >= 0.6 is 0 Å². The maximum atomic E-state index is 12.7. The van der Waals surface area contributed by atoms with Crippen molar-refractivity contribution in [1.82, 2.24) is 15.5 Å². The largest absolute Gasteiger partial charge is 0.353 e. The number of carbonyl (C=O) groups is 2. The molecule has 1 aromatic carbocycles. The average Bonchev–Trinajstić information content (AvgIpc) is 3.30. The van der Waals surface area contributed by atoms with Gasteiger partial charge in [0.2, 0.25) is 23.5 Å². The Morgan fingerprint density at radius 1 is 1.25 bits per heavy atom. The third-order valence-electron chi connectivity index (χ3n) is 5.80. The molecule has 0 radical (unpaired) electrons. The van der Waals surface area contributed by atoms with E-state index < -0.39 is 0 Å². The molecular formula is C21H26N4O3. The van der Waals surface area contributed by atoms with E-state index in [0.29, 0.717) is 18.3 Å². The van der Waals surface area contributed by atoms with E-state index in [0.717, 1.165) is 42.9 Å². The van der Waals surface area contributed by atoms with E-state index in [-0.39, 0.29) is 30.2 Å². The molecule has 1 aliphatic heterocycles. The van der Waals surface area contributed by atoms with Crippen LogP contribution in [0.2, 0.25) is 0 Å². The predicted octanol–water partition coefficient (Wildman–Crippen LogP) is 3.09. The molecule has 1 saturated carbocycles. The monoisotopic (exact) mass is 382 g/mol. The maximum absolute atomic E-state index is 12.7. The summed E-state index contributed by atoms with van der Waals surface area (Å²) >= 11 is 0. The number of aryl methyl sites for hydroxylation is 1. The number of nitrogens with one attached hydrogen (secondary N) is 1. The van der Waals surface area contributed by atoms with Gasteiger partial charge >= 0.3 is 0 Å². The Kier molecular flexibility index (Phi) is 5.15. The lowest BCUT2D eigenvalue weighted by atomic mass is 9.87. The Hall–Kier alpha value is -2.70.